The largest absolute Gasteiger partial charge is 0.308 e. The molecule has 0 bridgehead atoms. The number of nitrogens with one attached hydrogen (secondary N) is 1. The van der Waals surface area contributed by atoms with E-state index in [1.54, 1.807) is 4.80 Å². The molecule has 1 aromatic heterocycles. The van der Waals surface area contributed by atoms with Gasteiger partial charge in [0, 0.05) is 12.6 Å². The van der Waals surface area contributed by atoms with Crippen LogP contribution in [0.25, 0.3) is 5.69 Å². The Morgan fingerprint density at radius 2 is 1.94 bits per heavy atom. The van der Waals surface area contributed by atoms with Gasteiger partial charge in [0.2, 0.25) is 0 Å². The van der Waals surface area contributed by atoms with Crippen molar-refractivity contribution in [2.45, 2.75) is 38.3 Å². The summed E-state index contributed by atoms with van der Waals surface area (Å²) in [7, 11) is 0. The maximum absolute atomic E-state index is 4.48. The molecule has 1 aromatic carbocycles. The molecule has 1 N–H and O–H groups in total. The predicted molar refractivity (Wildman–Crippen MR) is 70.5 cm³/mol. The van der Waals surface area contributed by atoms with Gasteiger partial charge in [-0.1, -0.05) is 31.0 Å². The summed E-state index contributed by atoms with van der Waals surface area (Å²) in [6.45, 7) is 0.817. The standard InChI is InChI=1S/C14H18N4/c1-2-8-14(9-3-1)18-16-11-13(17-18)10-15-12-6-4-5-7-12/h1-3,8-9,11-12,15H,4-7,10H2. The van der Waals surface area contributed by atoms with Crippen LogP contribution in [0.3, 0.4) is 0 Å². The Balaban J connectivity index is 1.63. The Morgan fingerprint density at radius 1 is 1.17 bits per heavy atom. The highest BCUT2D eigenvalue weighted by atomic mass is 15.5. The molecular weight excluding hydrogens is 224 g/mol. The lowest BCUT2D eigenvalue weighted by Gasteiger charge is -2.09. The first kappa shape index (κ1) is 11.4. The van der Waals surface area contributed by atoms with E-state index >= 15 is 0 Å². The van der Waals surface area contributed by atoms with Crippen molar-refractivity contribution >= 4 is 0 Å². The second-order valence-corrected chi connectivity index (χ2v) is 4.82. The van der Waals surface area contributed by atoms with E-state index in [1.165, 1.54) is 25.7 Å². The van der Waals surface area contributed by atoms with Crippen molar-refractivity contribution in [1.82, 2.24) is 20.3 Å². The van der Waals surface area contributed by atoms with E-state index in [4.69, 9.17) is 0 Å². The van der Waals surface area contributed by atoms with E-state index in [0.29, 0.717) is 6.04 Å². The fourth-order valence-electron chi connectivity index (χ4n) is 2.44. The molecular formula is C14H18N4. The summed E-state index contributed by atoms with van der Waals surface area (Å²) in [5.41, 5.74) is 2.01. The molecule has 0 amide bonds. The van der Waals surface area contributed by atoms with Crippen molar-refractivity contribution in [1.29, 1.82) is 0 Å². The highest BCUT2D eigenvalue weighted by molar-refractivity contribution is 5.28. The van der Waals surface area contributed by atoms with Crippen molar-refractivity contribution in [3.63, 3.8) is 0 Å². The zero-order valence-corrected chi connectivity index (χ0v) is 10.4. The van der Waals surface area contributed by atoms with Gasteiger partial charge < -0.3 is 5.32 Å². The quantitative estimate of drug-likeness (QED) is 0.894. The number of aromatic nitrogens is 3. The highest BCUT2D eigenvalue weighted by Crippen LogP contribution is 2.17. The Labute approximate surface area is 107 Å². The van der Waals surface area contributed by atoms with Gasteiger partial charge in [0.05, 0.1) is 17.6 Å². The monoisotopic (exact) mass is 242 g/mol. The van der Waals surface area contributed by atoms with E-state index in [2.05, 4.69) is 15.5 Å². The van der Waals surface area contributed by atoms with E-state index in [0.717, 1.165) is 17.9 Å². The van der Waals surface area contributed by atoms with Crippen LogP contribution >= 0.6 is 0 Å². The van der Waals surface area contributed by atoms with Crippen LogP contribution in [0.15, 0.2) is 36.5 Å². The fourth-order valence-corrected chi connectivity index (χ4v) is 2.44. The summed E-state index contributed by atoms with van der Waals surface area (Å²) in [6, 6.07) is 10.7. The zero-order valence-electron chi connectivity index (χ0n) is 10.4. The third kappa shape index (κ3) is 2.59. The Bertz CT molecular complexity index is 486. The molecule has 3 rings (SSSR count). The van der Waals surface area contributed by atoms with Crippen molar-refractivity contribution in [2.24, 2.45) is 0 Å². The minimum atomic E-state index is 0.673. The number of hydrogen-bond donors (Lipinski definition) is 1. The number of benzene rings is 1. The molecule has 4 heteroatoms. The van der Waals surface area contributed by atoms with Crippen LogP contribution in [0.5, 0.6) is 0 Å². The first-order chi connectivity index (χ1) is 8.92. The lowest BCUT2D eigenvalue weighted by molar-refractivity contribution is 0.517. The van der Waals surface area contributed by atoms with Crippen LogP contribution in [-0.2, 0) is 6.54 Å². The highest BCUT2D eigenvalue weighted by Gasteiger charge is 2.14. The summed E-state index contributed by atoms with van der Waals surface area (Å²) in [4.78, 5) is 1.69. The number of hydrogen-bond acceptors (Lipinski definition) is 3. The molecule has 0 unspecified atom stereocenters. The summed E-state index contributed by atoms with van der Waals surface area (Å²) in [6.07, 6.45) is 7.15. The SMILES string of the molecule is c1ccc(-n2ncc(CNC3CCCC3)n2)cc1. The van der Waals surface area contributed by atoms with E-state index < -0.39 is 0 Å². The summed E-state index contributed by atoms with van der Waals surface area (Å²) >= 11 is 0. The number of rotatable bonds is 4. The van der Waals surface area contributed by atoms with Gasteiger partial charge in [0.25, 0.3) is 0 Å². The second kappa shape index (κ2) is 5.31. The van der Waals surface area contributed by atoms with Crippen molar-refractivity contribution in [2.75, 3.05) is 0 Å². The average molecular weight is 242 g/mol. The maximum atomic E-state index is 4.48. The Kier molecular flexibility index (Phi) is 3.37. The first-order valence-electron chi connectivity index (χ1n) is 6.62. The molecule has 0 atom stereocenters. The minimum absolute atomic E-state index is 0.673. The van der Waals surface area contributed by atoms with Crippen LogP contribution < -0.4 is 5.32 Å². The molecule has 0 radical (unpaired) electrons. The van der Waals surface area contributed by atoms with Crippen molar-refractivity contribution < 1.29 is 0 Å². The smallest absolute Gasteiger partial charge is 0.0969 e. The van der Waals surface area contributed by atoms with Gasteiger partial charge in [-0.3, -0.25) is 0 Å². The molecule has 1 fully saturated rings. The van der Waals surface area contributed by atoms with Crippen LogP contribution in [0.2, 0.25) is 0 Å². The van der Waals surface area contributed by atoms with Gasteiger partial charge in [-0.15, -0.1) is 0 Å². The molecule has 0 aliphatic heterocycles. The Hall–Kier alpha value is -1.68. The molecule has 1 aliphatic rings. The van der Waals surface area contributed by atoms with Crippen LogP contribution in [-0.4, -0.2) is 21.0 Å². The van der Waals surface area contributed by atoms with E-state index in [1.807, 2.05) is 36.5 Å². The van der Waals surface area contributed by atoms with Gasteiger partial charge in [0.1, 0.15) is 0 Å². The maximum Gasteiger partial charge on any atom is 0.0969 e. The average Bonchev–Trinajstić information content (AvgIpc) is 3.09. The molecule has 0 saturated heterocycles. The second-order valence-electron chi connectivity index (χ2n) is 4.82. The van der Waals surface area contributed by atoms with Gasteiger partial charge in [0.15, 0.2) is 0 Å². The Morgan fingerprint density at radius 3 is 2.72 bits per heavy atom. The van der Waals surface area contributed by atoms with E-state index in [9.17, 15) is 0 Å². The number of para-hydroxylation sites is 1. The van der Waals surface area contributed by atoms with Crippen LogP contribution in [0, 0.1) is 0 Å². The van der Waals surface area contributed by atoms with Crippen molar-refractivity contribution in [3.05, 3.63) is 42.2 Å². The normalized spacial score (nSPS) is 16.2. The molecule has 1 saturated carbocycles. The molecule has 18 heavy (non-hydrogen) atoms. The lowest BCUT2D eigenvalue weighted by Crippen LogP contribution is -2.25. The van der Waals surface area contributed by atoms with Crippen LogP contribution in [0.4, 0.5) is 0 Å². The summed E-state index contributed by atoms with van der Waals surface area (Å²) in [5, 5.41) is 12.3. The van der Waals surface area contributed by atoms with E-state index in [-0.39, 0.29) is 0 Å². The van der Waals surface area contributed by atoms with Crippen molar-refractivity contribution in [3.8, 4) is 5.69 Å². The summed E-state index contributed by atoms with van der Waals surface area (Å²) < 4.78 is 0. The molecule has 0 spiro atoms. The summed E-state index contributed by atoms with van der Waals surface area (Å²) in [5.74, 6) is 0. The third-order valence-corrected chi connectivity index (χ3v) is 3.45. The third-order valence-electron chi connectivity index (χ3n) is 3.45. The zero-order chi connectivity index (χ0) is 12.2. The molecule has 1 heterocycles. The molecule has 1 aliphatic carbocycles. The van der Waals surface area contributed by atoms with Gasteiger partial charge in [-0.05, 0) is 25.0 Å². The van der Waals surface area contributed by atoms with Gasteiger partial charge in [-0.2, -0.15) is 15.0 Å². The fraction of sp³-hybridized carbons (Fsp3) is 0.429. The minimum Gasteiger partial charge on any atom is -0.308 e. The topological polar surface area (TPSA) is 42.7 Å². The molecule has 94 valence electrons. The van der Waals surface area contributed by atoms with Gasteiger partial charge >= 0.3 is 0 Å². The molecule has 4 nitrogen and oxygen atoms in total. The lowest BCUT2D eigenvalue weighted by atomic mass is 10.2. The first-order valence-corrected chi connectivity index (χ1v) is 6.62. The number of nitrogens with zero attached hydrogens (tertiary/aromatic N) is 3. The molecule has 2 aromatic rings. The van der Waals surface area contributed by atoms with Crippen LogP contribution in [0.1, 0.15) is 31.4 Å². The predicted octanol–water partition coefficient (Wildman–Crippen LogP) is 2.30. The van der Waals surface area contributed by atoms with Gasteiger partial charge in [-0.25, -0.2) is 0 Å².